The smallest absolute Gasteiger partial charge is 0.343 e. The van der Waals surface area contributed by atoms with Gasteiger partial charge in [-0.25, -0.2) is 0 Å². The average molecular weight is 379 g/mol. The highest BCUT2D eigenvalue weighted by Gasteiger charge is 2.31. The number of rotatable bonds is 4. The maximum atomic E-state index is 12.8. The number of carbonyl (C=O) groups is 1. The summed E-state index contributed by atoms with van der Waals surface area (Å²) in [5.74, 6) is 0.198. The number of hydrogen-bond acceptors (Lipinski definition) is 2. The molecule has 2 rings (SSSR count). The fourth-order valence-corrected chi connectivity index (χ4v) is 3.21. The Labute approximate surface area is 153 Å². The van der Waals surface area contributed by atoms with Crippen molar-refractivity contribution in [3.8, 4) is 0 Å². The Morgan fingerprint density at radius 3 is 2.40 bits per heavy atom. The summed E-state index contributed by atoms with van der Waals surface area (Å²) in [6.45, 7) is 5.14. The van der Waals surface area contributed by atoms with E-state index in [0.29, 0.717) is 24.6 Å². The Kier molecular flexibility index (Phi) is 7.75. The van der Waals surface area contributed by atoms with E-state index in [1.165, 1.54) is 6.07 Å². The van der Waals surface area contributed by atoms with Gasteiger partial charge in [-0.3, -0.25) is 4.79 Å². The quantitative estimate of drug-likeness (QED) is 0.853. The first-order valence-corrected chi connectivity index (χ1v) is 8.39. The minimum Gasteiger partial charge on any atom is -0.343 e. The van der Waals surface area contributed by atoms with Crippen LogP contribution in [0.4, 0.5) is 13.2 Å². The summed E-state index contributed by atoms with van der Waals surface area (Å²) in [5.41, 5.74) is 5.77. The second-order valence-corrected chi connectivity index (χ2v) is 6.81. The first-order chi connectivity index (χ1) is 11.2. The lowest BCUT2D eigenvalue weighted by Crippen LogP contribution is -2.42. The average Bonchev–Trinajstić information content (AvgIpc) is 2.54. The van der Waals surface area contributed by atoms with Crippen LogP contribution in [0.25, 0.3) is 0 Å². The van der Waals surface area contributed by atoms with Crippen LogP contribution in [0.15, 0.2) is 24.3 Å². The molecule has 2 atom stereocenters. The summed E-state index contributed by atoms with van der Waals surface area (Å²) >= 11 is 0. The van der Waals surface area contributed by atoms with E-state index in [-0.39, 0.29) is 36.7 Å². The maximum Gasteiger partial charge on any atom is 0.416 e. The molecule has 7 heteroatoms. The summed E-state index contributed by atoms with van der Waals surface area (Å²) in [6.07, 6.45) is -2.35. The summed E-state index contributed by atoms with van der Waals surface area (Å²) in [4.78, 5) is 14.2. The highest BCUT2D eigenvalue weighted by atomic mass is 35.5. The molecule has 25 heavy (non-hydrogen) atoms. The van der Waals surface area contributed by atoms with Crippen molar-refractivity contribution in [2.24, 2.45) is 11.7 Å². The SMILES string of the molecule is CC(CC(=O)N1CCC(C(C)N)CC1)c1cccc(C(F)(F)F)c1.Cl. The monoisotopic (exact) mass is 378 g/mol. The molecule has 142 valence electrons. The number of halogens is 4. The van der Waals surface area contributed by atoms with E-state index >= 15 is 0 Å². The third kappa shape index (κ3) is 5.89. The lowest BCUT2D eigenvalue weighted by molar-refractivity contribution is -0.137. The zero-order valence-corrected chi connectivity index (χ0v) is 15.4. The van der Waals surface area contributed by atoms with Gasteiger partial charge >= 0.3 is 6.18 Å². The molecular weight excluding hydrogens is 353 g/mol. The van der Waals surface area contributed by atoms with Crippen molar-refractivity contribution in [3.05, 3.63) is 35.4 Å². The molecule has 0 aromatic heterocycles. The van der Waals surface area contributed by atoms with Gasteiger partial charge in [0.05, 0.1) is 5.56 Å². The second kappa shape index (κ2) is 8.90. The van der Waals surface area contributed by atoms with Crippen molar-refractivity contribution in [1.82, 2.24) is 4.90 Å². The van der Waals surface area contributed by atoms with Gasteiger partial charge in [0.25, 0.3) is 0 Å². The van der Waals surface area contributed by atoms with Gasteiger partial charge in [0, 0.05) is 25.6 Å². The van der Waals surface area contributed by atoms with Crippen LogP contribution in [-0.4, -0.2) is 29.9 Å². The normalized spacial score (nSPS) is 18.4. The molecule has 2 unspecified atom stereocenters. The van der Waals surface area contributed by atoms with Gasteiger partial charge in [0.15, 0.2) is 0 Å². The molecule has 1 amide bonds. The number of hydrogen-bond donors (Lipinski definition) is 1. The van der Waals surface area contributed by atoms with Crippen molar-refractivity contribution >= 4 is 18.3 Å². The number of nitrogens with zero attached hydrogens (tertiary/aromatic N) is 1. The number of carbonyl (C=O) groups excluding carboxylic acids is 1. The summed E-state index contributed by atoms with van der Waals surface area (Å²) < 4.78 is 38.4. The van der Waals surface area contributed by atoms with Gasteiger partial charge < -0.3 is 10.6 Å². The van der Waals surface area contributed by atoms with Crippen molar-refractivity contribution in [2.75, 3.05) is 13.1 Å². The van der Waals surface area contributed by atoms with Gasteiger partial charge in [-0.1, -0.05) is 25.1 Å². The Bertz CT molecular complexity index is 570. The molecule has 1 fully saturated rings. The first-order valence-electron chi connectivity index (χ1n) is 8.39. The van der Waals surface area contributed by atoms with Crippen molar-refractivity contribution in [1.29, 1.82) is 0 Å². The molecule has 0 spiro atoms. The molecule has 1 heterocycles. The fourth-order valence-electron chi connectivity index (χ4n) is 3.21. The maximum absolute atomic E-state index is 12.8. The Balaban J connectivity index is 0.00000312. The van der Waals surface area contributed by atoms with Gasteiger partial charge in [0.2, 0.25) is 5.91 Å². The first kappa shape index (κ1) is 21.8. The number of alkyl halides is 3. The molecule has 0 saturated carbocycles. The molecule has 3 nitrogen and oxygen atoms in total. The number of nitrogens with two attached hydrogens (primary N) is 1. The number of likely N-dealkylation sites (tertiary alicyclic amines) is 1. The van der Waals surface area contributed by atoms with Gasteiger partial charge in [0.1, 0.15) is 0 Å². The van der Waals surface area contributed by atoms with E-state index in [2.05, 4.69) is 0 Å². The van der Waals surface area contributed by atoms with E-state index in [4.69, 9.17) is 5.73 Å². The minimum absolute atomic E-state index is 0. The predicted molar refractivity (Wildman–Crippen MR) is 94.7 cm³/mol. The van der Waals surface area contributed by atoms with Gasteiger partial charge in [-0.2, -0.15) is 13.2 Å². The number of benzene rings is 1. The third-order valence-electron chi connectivity index (χ3n) is 4.90. The molecule has 1 aliphatic heterocycles. The lowest BCUT2D eigenvalue weighted by Gasteiger charge is -2.34. The van der Waals surface area contributed by atoms with Crippen LogP contribution in [0.2, 0.25) is 0 Å². The highest BCUT2D eigenvalue weighted by Crippen LogP contribution is 2.32. The molecule has 0 bridgehead atoms. The zero-order valence-electron chi connectivity index (χ0n) is 14.6. The summed E-state index contributed by atoms with van der Waals surface area (Å²) in [6, 6.07) is 5.37. The van der Waals surface area contributed by atoms with Crippen LogP contribution < -0.4 is 5.73 Å². The molecule has 0 radical (unpaired) electrons. The largest absolute Gasteiger partial charge is 0.416 e. The van der Waals surface area contributed by atoms with Crippen molar-refractivity contribution in [3.63, 3.8) is 0 Å². The van der Waals surface area contributed by atoms with E-state index in [1.54, 1.807) is 13.0 Å². The van der Waals surface area contributed by atoms with E-state index in [0.717, 1.165) is 25.0 Å². The van der Waals surface area contributed by atoms with Crippen LogP contribution in [0.1, 0.15) is 50.2 Å². The number of amides is 1. The van der Waals surface area contributed by atoms with Crippen molar-refractivity contribution in [2.45, 2.75) is 51.2 Å². The molecule has 2 N–H and O–H groups in total. The van der Waals surface area contributed by atoms with E-state index in [9.17, 15) is 18.0 Å². The predicted octanol–water partition coefficient (Wildman–Crippen LogP) is 4.21. The standard InChI is InChI=1S/C18H25F3N2O.ClH/c1-12(15-4-3-5-16(11-15)18(19,20)21)10-17(24)23-8-6-14(7-9-23)13(2)22;/h3-5,11-14H,6-10,22H2,1-2H3;1H. The topological polar surface area (TPSA) is 46.3 Å². The van der Waals surface area contributed by atoms with E-state index in [1.807, 2.05) is 11.8 Å². The molecule has 1 aromatic rings. The van der Waals surface area contributed by atoms with Crippen LogP contribution in [0.3, 0.4) is 0 Å². The molecule has 1 saturated heterocycles. The Morgan fingerprint density at radius 2 is 1.88 bits per heavy atom. The lowest BCUT2D eigenvalue weighted by atomic mass is 9.90. The molecular formula is C18H26ClF3N2O. The third-order valence-corrected chi connectivity index (χ3v) is 4.90. The summed E-state index contributed by atoms with van der Waals surface area (Å²) in [7, 11) is 0. The Hall–Kier alpha value is -1.27. The number of piperidine rings is 1. The minimum atomic E-state index is -4.36. The van der Waals surface area contributed by atoms with Gasteiger partial charge in [-0.05, 0) is 43.2 Å². The van der Waals surface area contributed by atoms with Crippen LogP contribution in [0, 0.1) is 5.92 Å². The molecule has 1 aliphatic rings. The van der Waals surface area contributed by atoms with E-state index < -0.39 is 11.7 Å². The van der Waals surface area contributed by atoms with Crippen LogP contribution in [-0.2, 0) is 11.0 Å². The van der Waals surface area contributed by atoms with Crippen molar-refractivity contribution < 1.29 is 18.0 Å². The Morgan fingerprint density at radius 1 is 1.28 bits per heavy atom. The zero-order chi connectivity index (χ0) is 17.9. The summed E-state index contributed by atoms with van der Waals surface area (Å²) in [5, 5.41) is 0. The highest BCUT2D eigenvalue weighted by molar-refractivity contribution is 5.85. The van der Waals surface area contributed by atoms with Gasteiger partial charge in [-0.15, -0.1) is 12.4 Å². The fraction of sp³-hybridized carbons (Fsp3) is 0.611. The molecule has 0 aliphatic carbocycles. The molecule has 1 aromatic carbocycles. The van der Waals surface area contributed by atoms with Crippen LogP contribution >= 0.6 is 12.4 Å². The van der Waals surface area contributed by atoms with Crippen LogP contribution in [0.5, 0.6) is 0 Å². The second-order valence-electron chi connectivity index (χ2n) is 6.81.